The molecule has 1 aromatic heterocycles. The van der Waals surface area contributed by atoms with Crippen LogP contribution in [0, 0.1) is 0 Å². The van der Waals surface area contributed by atoms with E-state index >= 15 is 0 Å². The van der Waals surface area contributed by atoms with Crippen LogP contribution in [0.25, 0.3) is 6.08 Å². The number of aromatic hydroxyl groups is 1. The average molecular weight is 645 g/mol. The number of allylic oxidation sites excluding steroid dienone is 1. The summed E-state index contributed by atoms with van der Waals surface area (Å²) < 4.78 is 19.2. The van der Waals surface area contributed by atoms with Crippen LogP contribution in [-0.2, 0) is 9.53 Å². The molecule has 1 aliphatic rings. The minimum absolute atomic E-state index is 0.0687. The fourth-order valence-electron chi connectivity index (χ4n) is 4.85. The highest BCUT2D eigenvalue weighted by atomic mass is 79.9. The van der Waals surface area contributed by atoms with Crippen molar-refractivity contribution in [3.8, 4) is 17.2 Å². The number of anilines is 1. The second-order valence-corrected chi connectivity index (χ2v) is 11.0. The maximum atomic E-state index is 14.0. The van der Waals surface area contributed by atoms with Crippen molar-refractivity contribution in [2.45, 2.75) is 40.7 Å². The second kappa shape index (κ2) is 12.9. The Morgan fingerprint density at radius 1 is 1.15 bits per heavy atom. The molecule has 0 spiro atoms. The highest BCUT2D eigenvalue weighted by molar-refractivity contribution is 9.10. The summed E-state index contributed by atoms with van der Waals surface area (Å²) in [6.45, 7) is 11.7. The molecular formula is C30H34BrN3O6S. The van der Waals surface area contributed by atoms with Crippen molar-refractivity contribution in [3.05, 3.63) is 76.9 Å². The number of phenols is 1. The minimum atomic E-state index is -0.843. The van der Waals surface area contributed by atoms with Crippen molar-refractivity contribution in [2.75, 3.05) is 38.3 Å². The average Bonchev–Trinajstić information content (AvgIpc) is 3.24. The molecule has 0 radical (unpaired) electrons. The van der Waals surface area contributed by atoms with Crippen molar-refractivity contribution in [2.24, 2.45) is 4.99 Å². The van der Waals surface area contributed by atoms with E-state index in [4.69, 9.17) is 14.2 Å². The third kappa shape index (κ3) is 5.92. The van der Waals surface area contributed by atoms with E-state index in [9.17, 15) is 14.7 Å². The van der Waals surface area contributed by atoms with Crippen molar-refractivity contribution in [1.82, 2.24) is 4.57 Å². The fourth-order valence-corrected chi connectivity index (χ4v) is 6.43. The molecule has 2 heterocycles. The smallest absolute Gasteiger partial charge is 0.338 e. The molecule has 11 heteroatoms. The molecule has 0 saturated carbocycles. The van der Waals surface area contributed by atoms with E-state index in [2.05, 4.69) is 39.7 Å². The lowest BCUT2D eigenvalue weighted by atomic mass is 9.95. The molecule has 0 amide bonds. The van der Waals surface area contributed by atoms with Crippen LogP contribution in [0.15, 0.2) is 55.9 Å². The van der Waals surface area contributed by atoms with Crippen LogP contribution in [0.4, 0.5) is 5.69 Å². The van der Waals surface area contributed by atoms with Crippen LogP contribution in [0.3, 0.4) is 0 Å². The number of hydrogen-bond donors (Lipinski definition) is 1. The summed E-state index contributed by atoms with van der Waals surface area (Å²) in [5.41, 5.74) is 2.38. The molecule has 0 fully saturated rings. The fraction of sp³-hybridized carbons (Fsp3) is 0.367. The first-order valence-electron chi connectivity index (χ1n) is 13.5. The monoisotopic (exact) mass is 643 g/mol. The van der Waals surface area contributed by atoms with E-state index in [-0.39, 0.29) is 23.5 Å². The van der Waals surface area contributed by atoms with Crippen molar-refractivity contribution in [3.63, 3.8) is 0 Å². The summed E-state index contributed by atoms with van der Waals surface area (Å²) in [7, 11) is 1.53. The first kappa shape index (κ1) is 30.4. The number of carbonyl (C=O) groups excluding carboxylic acids is 1. The maximum Gasteiger partial charge on any atom is 0.338 e. The van der Waals surface area contributed by atoms with Crippen LogP contribution < -0.4 is 29.3 Å². The Bertz CT molecular complexity index is 1670. The number of carbonyl (C=O) groups is 1. The molecule has 2 aromatic carbocycles. The van der Waals surface area contributed by atoms with Crippen molar-refractivity contribution in [1.29, 1.82) is 0 Å². The van der Waals surface area contributed by atoms with Gasteiger partial charge in [0.05, 0.1) is 42.2 Å². The molecule has 3 aromatic rings. The van der Waals surface area contributed by atoms with Gasteiger partial charge in [-0.25, -0.2) is 9.79 Å². The lowest BCUT2D eigenvalue weighted by Gasteiger charge is -2.26. The number of benzene rings is 2. The van der Waals surface area contributed by atoms with E-state index in [1.54, 1.807) is 44.2 Å². The molecule has 1 N–H and O–H groups in total. The predicted octanol–water partition coefficient (Wildman–Crippen LogP) is 4.52. The van der Waals surface area contributed by atoms with E-state index in [0.29, 0.717) is 48.7 Å². The van der Waals surface area contributed by atoms with Gasteiger partial charge in [-0.05, 0) is 70.5 Å². The lowest BCUT2D eigenvalue weighted by Crippen LogP contribution is -2.40. The van der Waals surface area contributed by atoms with Gasteiger partial charge in [-0.2, -0.15) is 0 Å². The number of nitrogens with zero attached hydrogens (tertiary/aromatic N) is 3. The lowest BCUT2D eigenvalue weighted by molar-refractivity contribution is -0.139. The number of thiazole rings is 1. The molecule has 4 rings (SSSR count). The summed E-state index contributed by atoms with van der Waals surface area (Å²) in [5, 5.41) is 10.8. The topological polar surface area (TPSA) is 103 Å². The number of rotatable bonds is 10. The molecule has 0 bridgehead atoms. The molecule has 1 atom stereocenters. The third-order valence-electron chi connectivity index (χ3n) is 6.82. The molecule has 218 valence electrons. The summed E-state index contributed by atoms with van der Waals surface area (Å²) in [5.74, 6) is 0.500. The molecule has 0 saturated heterocycles. The van der Waals surface area contributed by atoms with Crippen molar-refractivity contribution < 1.29 is 24.1 Å². The van der Waals surface area contributed by atoms with Crippen LogP contribution in [0.5, 0.6) is 17.2 Å². The zero-order valence-corrected chi connectivity index (χ0v) is 26.4. The van der Waals surface area contributed by atoms with Gasteiger partial charge in [0, 0.05) is 34.9 Å². The Balaban J connectivity index is 1.94. The number of phenolic OH excluding ortho intramolecular Hbond substituents is 1. The summed E-state index contributed by atoms with van der Waals surface area (Å²) in [4.78, 5) is 34.4. The standard InChI is InChI=1S/C30H34BrN3O6S/c1-7-33(8-2)19-12-11-18(22(35)14-19)13-25-28(36)34-27(20-15-23(38-6)24(39-9-3)16-21(20)31)26(29(37)40-10-4)17(5)32-30(34)41-25/h11-16,27,35H,7-10H2,1-6H3/b25-13+/t27-/m1/s1. The predicted molar refractivity (Wildman–Crippen MR) is 164 cm³/mol. The summed E-state index contributed by atoms with van der Waals surface area (Å²) >= 11 is 4.82. The van der Waals surface area contributed by atoms with Crippen LogP contribution in [-0.4, -0.2) is 49.1 Å². The van der Waals surface area contributed by atoms with Gasteiger partial charge in [-0.15, -0.1) is 0 Å². The van der Waals surface area contributed by atoms with Crippen molar-refractivity contribution >= 4 is 45.0 Å². The van der Waals surface area contributed by atoms with E-state index in [1.807, 2.05) is 13.0 Å². The molecule has 0 unspecified atom stereocenters. The number of aromatic nitrogens is 1. The SMILES string of the molecule is CCOC(=O)C1=C(C)N=c2s/c(=C/c3ccc(N(CC)CC)cc3O)c(=O)n2[C@@H]1c1cc(OC)c(OCC)cc1Br. The Morgan fingerprint density at radius 2 is 1.88 bits per heavy atom. The number of esters is 1. The highest BCUT2D eigenvalue weighted by Gasteiger charge is 2.35. The minimum Gasteiger partial charge on any atom is -0.507 e. The number of ether oxygens (including phenoxy) is 3. The van der Waals surface area contributed by atoms with Crippen LogP contribution in [0.1, 0.15) is 51.8 Å². The second-order valence-electron chi connectivity index (χ2n) is 9.18. The Labute approximate surface area is 251 Å². The largest absolute Gasteiger partial charge is 0.507 e. The van der Waals surface area contributed by atoms with Gasteiger partial charge in [-0.3, -0.25) is 9.36 Å². The molecule has 1 aliphatic heterocycles. The molecular weight excluding hydrogens is 610 g/mol. The summed E-state index contributed by atoms with van der Waals surface area (Å²) in [6.07, 6.45) is 1.65. The Morgan fingerprint density at radius 3 is 2.49 bits per heavy atom. The Hall–Kier alpha value is -3.57. The number of fused-ring (bicyclic) bond motifs is 1. The zero-order valence-electron chi connectivity index (χ0n) is 24.0. The van der Waals surface area contributed by atoms with E-state index in [1.165, 1.54) is 23.0 Å². The first-order valence-corrected chi connectivity index (χ1v) is 15.1. The number of hydrogen-bond acceptors (Lipinski definition) is 9. The molecule has 0 aliphatic carbocycles. The first-order chi connectivity index (χ1) is 19.7. The van der Waals surface area contributed by atoms with Gasteiger partial charge >= 0.3 is 5.97 Å². The van der Waals surface area contributed by atoms with E-state index in [0.717, 1.165) is 18.8 Å². The van der Waals surface area contributed by atoms with Gasteiger partial charge in [0.25, 0.3) is 5.56 Å². The van der Waals surface area contributed by atoms with Gasteiger partial charge in [0.1, 0.15) is 5.75 Å². The maximum absolute atomic E-state index is 14.0. The van der Waals surface area contributed by atoms with Gasteiger partial charge in [-0.1, -0.05) is 27.3 Å². The summed E-state index contributed by atoms with van der Waals surface area (Å²) in [6, 6.07) is 8.09. The molecule has 41 heavy (non-hydrogen) atoms. The third-order valence-corrected chi connectivity index (χ3v) is 8.49. The van der Waals surface area contributed by atoms with E-state index < -0.39 is 12.0 Å². The normalized spacial score (nSPS) is 14.9. The number of halogens is 1. The van der Waals surface area contributed by atoms with Gasteiger partial charge in [0.2, 0.25) is 0 Å². The molecule has 9 nitrogen and oxygen atoms in total. The highest BCUT2D eigenvalue weighted by Crippen LogP contribution is 2.41. The Kier molecular flexibility index (Phi) is 9.60. The number of methoxy groups -OCH3 is 1. The van der Waals surface area contributed by atoms with Gasteiger partial charge in [0.15, 0.2) is 16.3 Å². The van der Waals surface area contributed by atoms with Crippen LogP contribution >= 0.6 is 27.3 Å². The van der Waals surface area contributed by atoms with Gasteiger partial charge < -0.3 is 24.2 Å². The zero-order chi connectivity index (χ0) is 29.8. The van der Waals surface area contributed by atoms with Crippen LogP contribution in [0.2, 0.25) is 0 Å². The quantitative estimate of drug-likeness (QED) is 0.324.